The Morgan fingerprint density at radius 2 is 1.88 bits per heavy atom. The van der Waals surface area contributed by atoms with Crippen LogP contribution >= 0.6 is 0 Å². The van der Waals surface area contributed by atoms with Crippen molar-refractivity contribution in [3.05, 3.63) is 0 Å². The molecule has 2 atom stereocenters. The van der Waals surface area contributed by atoms with E-state index in [1.165, 1.54) is 0 Å². The Hall–Kier alpha value is -0.690. The number of amides is 1. The van der Waals surface area contributed by atoms with Crippen LogP contribution in [-0.4, -0.2) is 68.6 Å². The first kappa shape index (κ1) is 19.6. The summed E-state index contributed by atoms with van der Waals surface area (Å²) in [7, 11) is 1.70. The molecule has 1 saturated carbocycles. The first-order valence-electron chi connectivity index (χ1n) is 9.17. The molecular formula is C18H34N2O4. The van der Waals surface area contributed by atoms with Gasteiger partial charge in [0.25, 0.3) is 0 Å². The van der Waals surface area contributed by atoms with Gasteiger partial charge in [-0.1, -0.05) is 13.8 Å². The largest absolute Gasteiger partial charge is 0.385 e. The minimum atomic E-state index is -0.807. The Morgan fingerprint density at radius 1 is 1.21 bits per heavy atom. The second kappa shape index (κ2) is 8.13. The zero-order chi connectivity index (χ0) is 17.8. The van der Waals surface area contributed by atoms with Gasteiger partial charge in [-0.2, -0.15) is 0 Å². The fourth-order valence-electron chi connectivity index (χ4n) is 3.76. The molecule has 0 radical (unpaired) electrons. The monoisotopic (exact) mass is 342 g/mol. The summed E-state index contributed by atoms with van der Waals surface area (Å²) in [6.07, 6.45) is 3.59. The molecule has 1 amide bonds. The third-order valence-electron chi connectivity index (χ3n) is 5.79. The molecule has 1 aliphatic carbocycles. The second-order valence-electron chi connectivity index (χ2n) is 7.55. The molecule has 6 heteroatoms. The van der Waals surface area contributed by atoms with Crippen LogP contribution in [0.5, 0.6) is 0 Å². The lowest BCUT2D eigenvalue weighted by Gasteiger charge is -2.59. The van der Waals surface area contributed by atoms with Crippen molar-refractivity contribution < 1.29 is 19.0 Å². The van der Waals surface area contributed by atoms with Crippen LogP contribution < -0.4 is 5.73 Å². The molecule has 6 nitrogen and oxygen atoms in total. The highest BCUT2D eigenvalue weighted by Gasteiger charge is 2.63. The van der Waals surface area contributed by atoms with Crippen molar-refractivity contribution in [2.24, 2.45) is 11.1 Å². The van der Waals surface area contributed by atoms with Crippen LogP contribution in [0.3, 0.4) is 0 Å². The summed E-state index contributed by atoms with van der Waals surface area (Å²) in [4.78, 5) is 14.9. The number of piperidine rings is 1. The van der Waals surface area contributed by atoms with Crippen LogP contribution in [0.2, 0.25) is 0 Å². The number of carbonyl (C=O) groups is 1. The average Bonchev–Trinajstić information content (AvgIpc) is 2.58. The van der Waals surface area contributed by atoms with Crippen LogP contribution in [-0.2, 0) is 19.0 Å². The van der Waals surface area contributed by atoms with Crippen LogP contribution in [0, 0.1) is 5.41 Å². The van der Waals surface area contributed by atoms with Crippen molar-refractivity contribution in [3.8, 4) is 0 Å². The van der Waals surface area contributed by atoms with Crippen LogP contribution in [0.1, 0.15) is 46.5 Å². The number of nitrogens with zero attached hydrogens (tertiary/aromatic N) is 1. The molecule has 1 saturated heterocycles. The molecule has 0 aromatic carbocycles. The van der Waals surface area contributed by atoms with Gasteiger partial charge in [-0.25, -0.2) is 0 Å². The van der Waals surface area contributed by atoms with Gasteiger partial charge < -0.3 is 24.8 Å². The summed E-state index contributed by atoms with van der Waals surface area (Å²) in [5.41, 5.74) is 5.38. The van der Waals surface area contributed by atoms with Crippen molar-refractivity contribution >= 4 is 5.91 Å². The Bertz CT molecular complexity index is 421. The lowest BCUT2D eigenvalue weighted by molar-refractivity contribution is -0.181. The van der Waals surface area contributed by atoms with Crippen molar-refractivity contribution in [2.75, 3.05) is 40.0 Å². The summed E-state index contributed by atoms with van der Waals surface area (Å²) in [6.45, 7) is 9.61. The van der Waals surface area contributed by atoms with E-state index in [9.17, 15) is 4.79 Å². The molecular weight excluding hydrogens is 308 g/mol. The van der Waals surface area contributed by atoms with Crippen LogP contribution in [0.15, 0.2) is 0 Å². The summed E-state index contributed by atoms with van der Waals surface area (Å²) < 4.78 is 16.6. The van der Waals surface area contributed by atoms with E-state index >= 15 is 0 Å². The lowest BCUT2D eigenvalue weighted by atomic mass is 9.54. The summed E-state index contributed by atoms with van der Waals surface area (Å²) in [5, 5.41) is 0. The number of hydrogen-bond donors (Lipinski definition) is 1. The van der Waals surface area contributed by atoms with Crippen molar-refractivity contribution in [1.82, 2.24) is 4.90 Å². The maximum atomic E-state index is 13.0. The van der Waals surface area contributed by atoms with E-state index in [1.807, 2.05) is 25.7 Å². The normalized spacial score (nSPS) is 30.2. The van der Waals surface area contributed by atoms with Crippen molar-refractivity contribution in [2.45, 2.75) is 64.2 Å². The van der Waals surface area contributed by atoms with Gasteiger partial charge in [-0.15, -0.1) is 0 Å². The van der Waals surface area contributed by atoms with Gasteiger partial charge in [0.15, 0.2) is 0 Å². The van der Waals surface area contributed by atoms with Gasteiger partial charge in [0, 0.05) is 51.9 Å². The van der Waals surface area contributed by atoms with E-state index in [1.54, 1.807) is 7.11 Å². The topological polar surface area (TPSA) is 74.0 Å². The van der Waals surface area contributed by atoms with E-state index < -0.39 is 5.54 Å². The molecule has 2 unspecified atom stereocenters. The Labute approximate surface area is 146 Å². The number of rotatable bonds is 8. The minimum absolute atomic E-state index is 0.0677. The van der Waals surface area contributed by atoms with Crippen LogP contribution in [0.25, 0.3) is 0 Å². The number of methoxy groups -OCH3 is 1. The summed E-state index contributed by atoms with van der Waals surface area (Å²) >= 11 is 0. The van der Waals surface area contributed by atoms with Gasteiger partial charge in [-0.05, 0) is 26.2 Å². The molecule has 2 aliphatic rings. The van der Waals surface area contributed by atoms with Gasteiger partial charge in [0.2, 0.25) is 5.91 Å². The molecule has 2 rings (SSSR count). The van der Waals surface area contributed by atoms with Crippen molar-refractivity contribution in [1.29, 1.82) is 0 Å². The molecule has 0 aromatic rings. The van der Waals surface area contributed by atoms with Gasteiger partial charge >= 0.3 is 0 Å². The molecule has 1 heterocycles. The Kier molecular flexibility index (Phi) is 6.65. The predicted molar refractivity (Wildman–Crippen MR) is 92.8 cm³/mol. The third-order valence-corrected chi connectivity index (χ3v) is 5.79. The van der Waals surface area contributed by atoms with Gasteiger partial charge in [-0.3, -0.25) is 4.79 Å². The number of carbonyl (C=O) groups excluding carboxylic acids is 1. The molecule has 1 aliphatic heterocycles. The Balaban J connectivity index is 1.81. The fourth-order valence-corrected chi connectivity index (χ4v) is 3.76. The summed E-state index contributed by atoms with van der Waals surface area (Å²) in [6, 6.07) is 0. The fraction of sp³-hybridized carbons (Fsp3) is 0.944. The smallest absolute Gasteiger partial charge is 0.243 e. The van der Waals surface area contributed by atoms with Crippen molar-refractivity contribution in [3.63, 3.8) is 0 Å². The number of nitrogens with two attached hydrogens (primary N) is 1. The molecule has 24 heavy (non-hydrogen) atoms. The minimum Gasteiger partial charge on any atom is -0.385 e. The molecule has 0 spiro atoms. The maximum absolute atomic E-state index is 13.0. The number of likely N-dealkylation sites (tertiary alicyclic amines) is 1. The van der Waals surface area contributed by atoms with Crippen LogP contribution in [0.4, 0.5) is 0 Å². The van der Waals surface area contributed by atoms with E-state index in [0.717, 1.165) is 45.6 Å². The van der Waals surface area contributed by atoms with E-state index in [0.29, 0.717) is 13.0 Å². The standard InChI is InChI=1S/C18H34N2O4/c1-5-23-15-13-18(19,17(15,2)3)16(21)20-9-7-14(8-10-20)24-12-6-11-22-4/h14-15H,5-13,19H2,1-4H3. The molecule has 2 fully saturated rings. The third kappa shape index (κ3) is 3.77. The van der Waals surface area contributed by atoms with Gasteiger partial charge in [0.05, 0.1) is 12.2 Å². The highest BCUT2D eigenvalue weighted by molar-refractivity contribution is 5.89. The summed E-state index contributed by atoms with van der Waals surface area (Å²) in [5.74, 6) is 0.0706. The molecule has 0 bridgehead atoms. The first-order chi connectivity index (χ1) is 11.4. The molecule has 140 valence electrons. The maximum Gasteiger partial charge on any atom is 0.243 e. The zero-order valence-electron chi connectivity index (χ0n) is 15.7. The highest BCUT2D eigenvalue weighted by atomic mass is 16.5. The van der Waals surface area contributed by atoms with E-state index in [-0.39, 0.29) is 23.5 Å². The number of ether oxygens (including phenoxy) is 3. The average molecular weight is 342 g/mol. The lowest BCUT2D eigenvalue weighted by Crippen LogP contribution is -2.76. The highest BCUT2D eigenvalue weighted by Crippen LogP contribution is 2.50. The SMILES string of the molecule is CCOC1CC(N)(C(=O)N2CCC(OCCCOC)CC2)C1(C)C. The number of hydrogen-bond acceptors (Lipinski definition) is 5. The Morgan fingerprint density at radius 3 is 2.42 bits per heavy atom. The molecule has 2 N–H and O–H groups in total. The van der Waals surface area contributed by atoms with Gasteiger partial charge in [0.1, 0.15) is 5.54 Å². The predicted octanol–water partition coefficient (Wildman–Crippen LogP) is 1.56. The van der Waals surface area contributed by atoms with E-state index in [4.69, 9.17) is 19.9 Å². The first-order valence-corrected chi connectivity index (χ1v) is 9.17. The van der Waals surface area contributed by atoms with E-state index in [2.05, 4.69) is 0 Å². The quantitative estimate of drug-likeness (QED) is 0.678. The zero-order valence-corrected chi connectivity index (χ0v) is 15.7. The molecule has 0 aromatic heterocycles. The second-order valence-corrected chi connectivity index (χ2v) is 7.55.